The lowest BCUT2D eigenvalue weighted by atomic mass is 10.2. The van der Waals surface area contributed by atoms with Crippen molar-refractivity contribution < 1.29 is 9.53 Å². The summed E-state index contributed by atoms with van der Waals surface area (Å²) in [5.41, 5.74) is 2.90. The number of hydrogen-bond donors (Lipinski definition) is 2. The molecule has 1 aromatic heterocycles. The largest absolute Gasteiger partial charge is 0.462 e. The Balaban J connectivity index is 1.83. The number of para-hydroxylation sites is 1. The number of anilines is 4. The summed E-state index contributed by atoms with van der Waals surface area (Å²) in [7, 11) is 0. The molecular formula is C20H19ClN4O2. The van der Waals surface area contributed by atoms with Crippen LogP contribution < -0.4 is 10.6 Å². The number of halogens is 1. The number of aryl methyl sites for hydroxylation is 1. The molecule has 0 aliphatic carbocycles. The molecule has 0 radical (unpaired) electrons. The zero-order valence-corrected chi connectivity index (χ0v) is 15.7. The van der Waals surface area contributed by atoms with Gasteiger partial charge in [-0.3, -0.25) is 0 Å². The van der Waals surface area contributed by atoms with E-state index in [2.05, 4.69) is 20.6 Å². The van der Waals surface area contributed by atoms with E-state index < -0.39 is 5.97 Å². The van der Waals surface area contributed by atoms with E-state index in [-0.39, 0.29) is 0 Å². The maximum Gasteiger partial charge on any atom is 0.340 e. The predicted molar refractivity (Wildman–Crippen MR) is 107 cm³/mol. The third-order valence-electron chi connectivity index (χ3n) is 3.79. The fourth-order valence-electron chi connectivity index (χ4n) is 2.45. The van der Waals surface area contributed by atoms with Crippen LogP contribution in [-0.2, 0) is 4.74 Å². The van der Waals surface area contributed by atoms with Gasteiger partial charge in [0.05, 0.1) is 17.9 Å². The summed E-state index contributed by atoms with van der Waals surface area (Å²) in [6.45, 7) is 4.06. The Labute approximate surface area is 162 Å². The molecule has 0 fully saturated rings. The van der Waals surface area contributed by atoms with E-state index in [1.807, 2.05) is 31.2 Å². The van der Waals surface area contributed by atoms with E-state index in [1.54, 1.807) is 37.4 Å². The van der Waals surface area contributed by atoms with Crippen molar-refractivity contribution in [2.45, 2.75) is 13.8 Å². The molecular weight excluding hydrogens is 364 g/mol. The maximum absolute atomic E-state index is 12.1. The number of ether oxygens (including phenoxy) is 1. The van der Waals surface area contributed by atoms with E-state index in [1.165, 1.54) is 0 Å². The maximum atomic E-state index is 12.1. The quantitative estimate of drug-likeness (QED) is 0.577. The zero-order valence-electron chi connectivity index (χ0n) is 15.0. The van der Waals surface area contributed by atoms with Gasteiger partial charge in [0.25, 0.3) is 0 Å². The van der Waals surface area contributed by atoms with Gasteiger partial charge in [-0.15, -0.1) is 0 Å². The first-order chi connectivity index (χ1) is 13.1. The molecule has 0 saturated carbocycles. The molecule has 27 heavy (non-hydrogen) atoms. The summed E-state index contributed by atoms with van der Waals surface area (Å²) in [4.78, 5) is 20.8. The summed E-state index contributed by atoms with van der Waals surface area (Å²) >= 11 is 6.07. The number of carbonyl (C=O) groups excluding carboxylic acids is 1. The van der Waals surface area contributed by atoms with Crippen LogP contribution in [0.25, 0.3) is 0 Å². The smallest absolute Gasteiger partial charge is 0.340 e. The van der Waals surface area contributed by atoms with Gasteiger partial charge in [-0.1, -0.05) is 29.8 Å². The minimum atomic E-state index is -0.399. The van der Waals surface area contributed by atoms with Crippen molar-refractivity contribution in [1.82, 2.24) is 9.97 Å². The molecule has 0 unspecified atom stereocenters. The van der Waals surface area contributed by atoms with Crippen LogP contribution >= 0.6 is 11.6 Å². The van der Waals surface area contributed by atoms with E-state index in [0.29, 0.717) is 34.6 Å². The fourth-order valence-corrected chi connectivity index (χ4v) is 2.63. The molecule has 3 rings (SSSR count). The van der Waals surface area contributed by atoms with Gasteiger partial charge in [-0.2, -0.15) is 4.98 Å². The van der Waals surface area contributed by atoms with Crippen LogP contribution in [0.4, 0.5) is 23.1 Å². The van der Waals surface area contributed by atoms with Crippen LogP contribution in [0.15, 0.2) is 54.7 Å². The summed E-state index contributed by atoms with van der Waals surface area (Å²) in [5.74, 6) is 0.562. The van der Waals surface area contributed by atoms with Crippen LogP contribution in [-0.4, -0.2) is 22.5 Å². The van der Waals surface area contributed by atoms with Crippen LogP contribution in [0, 0.1) is 6.92 Å². The van der Waals surface area contributed by atoms with Crippen LogP contribution in [0.5, 0.6) is 0 Å². The van der Waals surface area contributed by atoms with Gasteiger partial charge in [0.1, 0.15) is 5.82 Å². The topological polar surface area (TPSA) is 76.1 Å². The number of hydrogen-bond acceptors (Lipinski definition) is 6. The van der Waals surface area contributed by atoms with Crippen molar-refractivity contribution in [1.29, 1.82) is 0 Å². The normalized spacial score (nSPS) is 10.3. The second-order valence-electron chi connectivity index (χ2n) is 5.74. The highest BCUT2D eigenvalue weighted by atomic mass is 35.5. The van der Waals surface area contributed by atoms with Gasteiger partial charge in [0.15, 0.2) is 0 Å². The van der Waals surface area contributed by atoms with Crippen LogP contribution in [0.2, 0.25) is 5.02 Å². The lowest BCUT2D eigenvalue weighted by Crippen LogP contribution is -2.09. The average molecular weight is 383 g/mol. The Hall–Kier alpha value is -3.12. The highest BCUT2D eigenvalue weighted by molar-refractivity contribution is 6.30. The van der Waals surface area contributed by atoms with Gasteiger partial charge >= 0.3 is 5.97 Å². The molecule has 6 nitrogen and oxygen atoms in total. The first kappa shape index (κ1) is 18.7. The first-order valence-electron chi connectivity index (χ1n) is 8.46. The SMILES string of the molecule is CCOC(=O)c1ccccc1Nc1nccc(Nc2cc(Cl)ccc2C)n1. The third-order valence-corrected chi connectivity index (χ3v) is 4.02. The zero-order chi connectivity index (χ0) is 19.2. The van der Waals surface area contributed by atoms with E-state index >= 15 is 0 Å². The Bertz CT molecular complexity index is 962. The average Bonchev–Trinajstić information content (AvgIpc) is 2.66. The minimum absolute atomic E-state index is 0.308. The molecule has 138 valence electrons. The number of benzene rings is 2. The number of esters is 1. The molecule has 0 amide bonds. The number of carbonyl (C=O) groups is 1. The van der Waals surface area contributed by atoms with Crippen molar-refractivity contribution in [2.75, 3.05) is 17.2 Å². The molecule has 0 atom stereocenters. The van der Waals surface area contributed by atoms with E-state index in [0.717, 1.165) is 11.3 Å². The van der Waals surface area contributed by atoms with Crippen molar-refractivity contribution in [2.24, 2.45) is 0 Å². The molecule has 0 aliphatic heterocycles. The van der Waals surface area contributed by atoms with Crippen LogP contribution in [0.1, 0.15) is 22.8 Å². The summed E-state index contributed by atoms with van der Waals surface area (Å²) < 4.78 is 5.09. The van der Waals surface area contributed by atoms with Gasteiger partial charge in [-0.25, -0.2) is 9.78 Å². The van der Waals surface area contributed by atoms with Crippen molar-refractivity contribution in [3.8, 4) is 0 Å². The molecule has 2 N–H and O–H groups in total. The highest BCUT2D eigenvalue weighted by Crippen LogP contribution is 2.24. The molecule has 0 bridgehead atoms. The monoisotopic (exact) mass is 382 g/mol. The second kappa shape index (κ2) is 8.51. The summed E-state index contributed by atoms with van der Waals surface area (Å²) in [6, 6.07) is 14.4. The van der Waals surface area contributed by atoms with Gasteiger partial charge in [-0.05, 0) is 49.7 Å². The van der Waals surface area contributed by atoms with Gasteiger partial charge < -0.3 is 15.4 Å². The molecule has 7 heteroatoms. The molecule has 2 aromatic carbocycles. The lowest BCUT2D eigenvalue weighted by Gasteiger charge is -2.12. The lowest BCUT2D eigenvalue weighted by molar-refractivity contribution is 0.0527. The third kappa shape index (κ3) is 4.74. The van der Waals surface area contributed by atoms with Gasteiger partial charge in [0.2, 0.25) is 5.95 Å². The van der Waals surface area contributed by atoms with Crippen molar-refractivity contribution in [3.05, 3.63) is 70.9 Å². The molecule has 0 saturated heterocycles. The minimum Gasteiger partial charge on any atom is -0.462 e. The van der Waals surface area contributed by atoms with Crippen LogP contribution in [0.3, 0.4) is 0 Å². The second-order valence-corrected chi connectivity index (χ2v) is 6.18. The summed E-state index contributed by atoms with van der Waals surface area (Å²) in [5, 5.41) is 6.94. The van der Waals surface area contributed by atoms with Crippen molar-refractivity contribution in [3.63, 3.8) is 0 Å². The standard InChI is InChI=1S/C20H19ClN4O2/c1-3-27-19(26)15-6-4-5-7-16(15)24-20-22-11-10-18(25-20)23-17-12-14(21)9-8-13(17)2/h4-12H,3H2,1-2H3,(H2,22,23,24,25). The Kier molecular flexibility index (Phi) is 5.88. The molecule has 0 aliphatic rings. The highest BCUT2D eigenvalue weighted by Gasteiger charge is 2.13. The predicted octanol–water partition coefficient (Wildman–Crippen LogP) is 5.10. The Morgan fingerprint density at radius 2 is 1.93 bits per heavy atom. The Morgan fingerprint density at radius 1 is 1.11 bits per heavy atom. The molecule has 0 spiro atoms. The number of nitrogens with zero attached hydrogens (tertiary/aromatic N) is 2. The number of aromatic nitrogens is 2. The van der Waals surface area contributed by atoms with Gasteiger partial charge in [0, 0.05) is 16.9 Å². The van der Waals surface area contributed by atoms with E-state index in [4.69, 9.17) is 16.3 Å². The summed E-state index contributed by atoms with van der Waals surface area (Å²) in [6.07, 6.45) is 1.63. The molecule has 1 heterocycles. The first-order valence-corrected chi connectivity index (χ1v) is 8.84. The fraction of sp³-hybridized carbons (Fsp3) is 0.150. The molecule has 3 aromatic rings. The Morgan fingerprint density at radius 3 is 2.74 bits per heavy atom. The van der Waals surface area contributed by atoms with Crippen molar-refractivity contribution >= 4 is 40.7 Å². The van der Waals surface area contributed by atoms with E-state index in [9.17, 15) is 4.79 Å². The number of nitrogens with one attached hydrogen (secondary N) is 2. The number of rotatable bonds is 6.